The molecule has 10 heteroatoms. The first-order chi connectivity index (χ1) is 18.7. The summed E-state index contributed by atoms with van der Waals surface area (Å²) in [5.74, 6) is -0.251. The van der Waals surface area contributed by atoms with Crippen molar-refractivity contribution in [3.8, 4) is 11.8 Å². The Morgan fingerprint density at radius 3 is 2.51 bits per heavy atom. The van der Waals surface area contributed by atoms with Gasteiger partial charge < -0.3 is 20.3 Å². The molecule has 1 spiro atoms. The van der Waals surface area contributed by atoms with Gasteiger partial charge in [0.15, 0.2) is 5.54 Å². The zero-order valence-electron chi connectivity index (χ0n) is 21.3. The van der Waals surface area contributed by atoms with Gasteiger partial charge in [-0.05, 0) is 56.3 Å². The van der Waals surface area contributed by atoms with Gasteiger partial charge in [0.05, 0.1) is 24.4 Å². The maximum Gasteiger partial charge on any atom is 0.277 e. The number of nitrogens with one attached hydrogen (secondary N) is 2. The molecule has 0 saturated carbocycles. The molecule has 8 nitrogen and oxygen atoms in total. The molecule has 2 N–H and O–H groups in total. The van der Waals surface area contributed by atoms with Gasteiger partial charge >= 0.3 is 0 Å². The Labute approximate surface area is 235 Å². The van der Waals surface area contributed by atoms with Gasteiger partial charge in [-0.3, -0.25) is 14.5 Å². The van der Waals surface area contributed by atoms with E-state index in [4.69, 9.17) is 27.9 Å². The van der Waals surface area contributed by atoms with E-state index in [0.717, 1.165) is 5.56 Å². The molecule has 3 aromatic carbocycles. The molecule has 3 heterocycles. The largest absolute Gasteiger partial charge is 0.496 e. The molecular formula is C29H23Cl2N5O3. The van der Waals surface area contributed by atoms with Crippen LogP contribution in [-0.4, -0.2) is 29.9 Å². The monoisotopic (exact) mass is 559 g/mol. The van der Waals surface area contributed by atoms with E-state index in [-0.39, 0.29) is 17.9 Å². The van der Waals surface area contributed by atoms with Crippen LogP contribution in [0.3, 0.4) is 0 Å². The number of halogens is 2. The van der Waals surface area contributed by atoms with Crippen LogP contribution in [0, 0.1) is 11.3 Å². The molecular weight excluding hydrogens is 537 g/mol. The molecule has 0 aromatic heterocycles. The fourth-order valence-electron chi connectivity index (χ4n) is 5.88. The average molecular weight is 560 g/mol. The predicted molar refractivity (Wildman–Crippen MR) is 148 cm³/mol. The SMILES string of the molecule is COc1cc(C#N)ccc1C1NC2=C(N1C(C)C)C1(C(=O)Nc3cc(Cl)ccc31)N(c1cccc(Cl)c1)C2=O. The molecule has 0 radical (unpaired) electrons. The van der Waals surface area contributed by atoms with Gasteiger partial charge in [-0.15, -0.1) is 0 Å². The topological polar surface area (TPSA) is 97.7 Å². The van der Waals surface area contributed by atoms with Crippen molar-refractivity contribution in [1.29, 1.82) is 5.26 Å². The number of methoxy groups -OCH3 is 1. The van der Waals surface area contributed by atoms with E-state index in [2.05, 4.69) is 16.7 Å². The number of carbonyl (C=O) groups excluding carboxylic acids is 2. The minimum Gasteiger partial charge on any atom is -0.496 e. The van der Waals surface area contributed by atoms with Crippen LogP contribution in [0.2, 0.25) is 10.0 Å². The average Bonchev–Trinajstić information content (AvgIpc) is 3.52. The smallest absolute Gasteiger partial charge is 0.277 e. The lowest BCUT2D eigenvalue weighted by atomic mass is 9.86. The van der Waals surface area contributed by atoms with E-state index in [1.54, 1.807) is 60.7 Å². The molecule has 0 aliphatic carbocycles. The van der Waals surface area contributed by atoms with Crippen LogP contribution >= 0.6 is 23.2 Å². The molecule has 2 unspecified atom stereocenters. The number of nitrogens with zero attached hydrogens (tertiary/aromatic N) is 3. The van der Waals surface area contributed by atoms with Crippen LogP contribution in [0.15, 0.2) is 72.1 Å². The van der Waals surface area contributed by atoms with Crippen LogP contribution in [-0.2, 0) is 15.1 Å². The summed E-state index contributed by atoms with van der Waals surface area (Å²) in [6, 6.07) is 19.2. The molecule has 196 valence electrons. The predicted octanol–water partition coefficient (Wildman–Crippen LogP) is 5.29. The summed E-state index contributed by atoms with van der Waals surface area (Å²) in [7, 11) is 1.54. The van der Waals surface area contributed by atoms with E-state index < -0.39 is 11.7 Å². The Morgan fingerprint density at radius 1 is 1.05 bits per heavy atom. The Hall–Kier alpha value is -4.19. The van der Waals surface area contributed by atoms with Gasteiger partial charge in [-0.25, -0.2) is 0 Å². The van der Waals surface area contributed by atoms with Gasteiger partial charge in [0.1, 0.15) is 17.6 Å². The highest BCUT2D eigenvalue weighted by molar-refractivity contribution is 6.32. The fraction of sp³-hybridized carbons (Fsp3) is 0.207. The van der Waals surface area contributed by atoms with E-state index in [1.165, 1.54) is 12.0 Å². The van der Waals surface area contributed by atoms with E-state index in [0.29, 0.717) is 49.7 Å². The van der Waals surface area contributed by atoms with E-state index >= 15 is 0 Å². The van der Waals surface area contributed by atoms with Crippen LogP contribution in [0.5, 0.6) is 5.75 Å². The second-order valence-electron chi connectivity index (χ2n) is 9.81. The number of carbonyl (C=O) groups is 2. The highest BCUT2D eigenvalue weighted by atomic mass is 35.5. The Morgan fingerprint density at radius 2 is 1.82 bits per heavy atom. The molecule has 0 fully saturated rings. The first kappa shape index (κ1) is 25.1. The van der Waals surface area contributed by atoms with E-state index in [9.17, 15) is 14.9 Å². The van der Waals surface area contributed by atoms with Crippen molar-refractivity contribution in [1.82, 2.24) is 10.2 Å². The van der Waals surface area contributed by atoms with Crippen LogP contribution in [0.4, 0.5) is 11.4 Å². The summed E-state index contributed by atoms with van der Waals surface area (Å²) < 4.78 is 5.65. The van der Waals surface area contributed by atoms with Crippen molar-refractivity contribution >= 4 is 46.4 Å². The molecule has 0 bridgehead atoms. The number of benzene rings is 3. The summed E-state index contributed by atoms with van der Waals surface area (Å²) in [6.07, 6.45) is -0.538. The fourth-order valence-corrected chi connectivity index (χ4v) is 6.23. The number of nitriles is 1. The third-order valence-electron chi connectivity index (χ3n) is 7.38. The molecule has 3 aliphatic rings. The molecule has 3 aliphatic heterocycles. The molecule has 39 heavy (non-hydrogen) atoms. The van der Waals surface area contributed by atoms with Crippen LogP contribution in [0.1, 0.15) is 36.7 Å². The standard InChI is InChI=1S/C29H23Cl2N5O3/c1-15(2)35-25-24(34-26(35)20-9-7-16(14-32)11-23(20)39-3)27(37)36(19-6-4-5-17(30)12-19)29(25)21-10-8-18(31)13-22(21)33-28(29)38/h4-13,15,26,34H,1-3H3,(H,33,38). The summed E-state index contributed by atoms with van der Waals surface area (Å²) in [6.45, 7) is 3.99. The van der Waals surface area contributed by atoms with Gasteiger partial charge in [-0.2, -0.15) is 5.26 Å². The lowest BCUT2D eigenvalue weighted by Gasteiger charge is -2.43. The molecule has 6 rings (SSSR count). The lowest BCUT2D eigenvalue weighted by molar-refractivity contribution is -0.123. The normalized spacial score (nSPS) is 21.3. The van der Waals surface area contributed by atoms with Crippen molar-refractivity contribution in [2.75, 3.05) is 17.3 Å². The minimum atomic E-state index is -1.52. The number of hydrogen-bond acceptors (Lipinski definition) is 6. The van der Waals surface area contributed by atoms with Crippen molar-refractivity contribution in [2.24, 2.45) is 0 Å². The second-order valence-corrected chi connectivity index (χ2v) is 10.7. The van der Waals surface area contributed by atoms with Crippen molar-refractivity contribution in [3.63, 3.8) is 0 Å². The molecule has 0 saturated heterocycles. The number of anilines is 2. The lowest BCUT2D eigenvalue weighted by Crippen LogP contribution is -2.56. The minimum absolute atomic E-state index is 0.150. The van der Waals surface area contributed by atoms with Gasteiger partial charge in [-0.1, -0.05) is 41.4 Å². The summed E-state index contributed by atoms with van der Waals surface area (Å²) >= 11 is 12.7. The number of hydrogen-bond donors (Lipinski definition) is 2. The van der Waals surface area contributed by atoms with Crippen molar-refractivity contribution in [3.05, 3.63) is 98.8 Å². The summed E-state index contributed by atoms with van der Waals surface area (Å²) in [5.41, 5.74) is 2.10. The Balaban J connectivity index is 1.61. The third kappa shape index (κ3) is 3.43. The van der Waals surface area contributed by atoms with Gasteiger partial charge in [0.25, 0.3) is 11.8 Å². The Bertz CT molecular complexity index is 1650. The Kier molecular flexibility index (Phi) is 5.75. The summed E-state index contributed by atoms with van der Waals surface area (Å²) in [4.78, 5) is 32.1. The first-order valence-electron chi connectivity index (χ1n) is 12.3. The maximum absolute atomic E-state index is 14.3. The van der Waals surface area contributed by atoms with Crippen LogP contribution in [0.25, 0.3) is 0 Å². The highest BCUT2D eigenvalue weighted by Crippen LogP contribution is 2.57. The zero-order valence-corrected chi connectivity index (χ0v) is 22.8. The second kappa shape index (κ2) is 8.94. The van der Waals surface area contributed by atoms with Gasteiger partial charge in [0, 0.05) is 38.6 Å². The van der Waals surface area contributed by atoms with Gasteiger partial charge in [0.2, 0.25) is 0 Å². The number of amides is 2. The number of rotatable bonds is 4. The van der Waals surface area contributed by atoms with Crippen molar-refractivity contribution in [2.45, 2.75) is 31.6 Å². The third-order valence-corrected chi connectivity index (χ3v) is 7.85. The quantitative estimate of drug-likeness (QED) is 0.450. The van der Waals surface area contributed by atoms with E-state index in [1.807, 2.05) is 18.7 Å². The maximum atomic E-state index is 14.3. The van der Waals surface area contributed by atoms with Crippen LogP contribution < -0.4 is 20.3 Å². The molecule has 2 atom stereocenters. The molecule has 2 amide bonds. The zero-order chi connectivity index (χ0) is 27.6. The van der Waals surface area contributed by atoms with Crippen molar-refractivity contribution < 1.29 is 14.3 Å². The number of ether oxygens (including phenoxy) is 1. The summed E-state index contributed by atoms with van der Waals surface area (Å²) in [5, 5.41) is 16.7. The number of fused-ring (bicyclic) bond motifs is 3. The highest BCUT2D eigenvalue weighted by Gasteiger charge is 2.66. The molecule has 3 aromatic rings. The first-order valence-corrected chi connectivity index (χ1v) is 13.1.